The van der Waals surface area contributed by atoms with Crippen LogP contribution in [0.15, 0.2) is 41.4 Å². The van der Waals surface area contributed by atoms with Gasteiger partial charge in [-0.15, -0.1) is 0 Å². The Hall–Kier alpha value is -2.79. The van der Waals surface area contributed by atoms with Crippen LogP contribution >= 0.6 is 11.6 Å². The molecule has 0 N–H and O–H groups in total. The number of amides is 2. The van der Waals surface area contributed by atoms with Crippen LogP contribution in [-0.2, 0) is 9.59 Å². The first-order chi connectivity index (χ1) is 13.4. The zero-order chi connectivity index (χ0) is 20.4. The number of benzene rings is 2. The lowest BCUT2D eigenvalue weighted by atomic mass is 9.99. The van der Waals surface area contributed by atoms with Gasteiger partial charge in [-0.05, 0) is 51.0 Å². The van der Waals surface area contributed by atoms with Gasteiger partial charge in [0, 0.05) is 6.07 Å². The maximum absolute atomic E-state index is 13.1. The Labute approximate surface area is 169 Å². The van der Waals surface area contributed by atoms with E-state index in [0.717, 1.165) is 16.0 Å². The van der Waals surface area contributed by atoms with E-state index in [9.17, 15) is 9.59 Å². The van der Waals surface area contributed by atoms with E-state index in [-0.39, 0.29) is 10.6 Å². The molecular formula is C22H22ClNO4. The van der Waals surface area contributed by atoms with Crippen LogP contribution in [0, 0.1) is 13.8 Å². The van der Waals surface area contributed by atoms with Crippen molar-refractivity contribution < 1.29 is 19.1 Å². The summed E-state index contributed by atoms with van der Waals surface area (Å²) in [6.07, 6.45) is 0. The fraction of sp³-hybridized carbons (Fsp3) is 0.273. The van der Waals surface area contributed by atoms with Crippen LogP contribution in [-0.4, -0.2) is 25.0 Å². The minimum atomic E-state index is -0.548. The Kier molecular flexibility index (Phi) is 5.75. The van der Waals surface area contributed by atoms with Crippen molar-refractivity contribution >= 4 is 34.7 Å². The van der Waals surface area contributed by atoms with Crippen molar-refractivity contribution in [2.24, 2.45) is 0 Å². The summed E-state index contributed by atoms with van der Waals surface area (Å²) in [5.74, 6) is 0.0289. The van der Waals surface area contributed by atoms with Crippen molar-refractivity contribution in [3.63, 3.8) is 0 Å². The number of hydrogen-bond donors (Lipinski definition) is 0. The number of carbonyl (C=O) groups excluding carboxylic acids is 2. The molecule has 2 amide bonds. The second-order valence-corrected chi connectivity index (χ2v) is 6.83. The monoisotopic (exact) mass is 399 g/mol. The number of carbonyl (C=O) groups is 2. The molecule has 2 aromatic rings. The summed E-state index contributed by atoms with van der Waals surface area (Å²) in [4.78, 5) is 27.0. The van der Waals surface area contributed by atoms with Gasteiger partial charge in [0.2, 0.25) is 0 Å². The highest BCUT2D eigenvalue weighted by Crippen LogP contribution is 2.39. The smallest absolute Gasteiger partial charge is 0.277 e. The van der Waals surface area contributed by atoms with Gasteiger partial charge in [-0.25, -0.2) is 4.90 Å². The first-order valence-electron chi connectivity index (χ1n) is 9.14. The Morgan fingerprint density at radius 2 is 1.57 bits per heavy atom. The molecule has 1 heterocycles. The van der Waals surface area contributed by atoms with E-state index >= 15 is 0 Å². The Bertz CT molecular complexity index is 980. The fourth-order valence-corrected chi connectivity index (χ4v) is 3.51. The maximum Gasteiger partial charge on any atom is 0.277 e. The molecule has 6 heteroatoms. The largest absolute Gasteiger partial charge is 0.490 e. The van der Waals surface area contributed by atoms with Gasteiger partial charge < -0.3 is 9.47 Å². The normalized spacial score (nSPS) is 14.1. The van der Waals surface area contributed by atoms with Crippen molar-refractivity contribution in [1.82, 2.24) is 0 Å². The summed E-state index contributed by atoms with van der Waals surface area (Å²) < 4.78 is 11.2. The molecule has 0 unspecified atom stereocenters. The molecule has 0 fully saturated rings. The van der Waals surface area contributed by atoms with Gasteiger partial charge >= 0.3 is 0 Å². The van der Waals surface area contributed by atoms with E-state index in [4.69, 9.17) is 21.1 Å². The standard InChI is InChI=1S/C22H22ClNO4/c1-5-27-17-10-8-15(12-18(17)28-6-2)24-21(25)19(20(23)22(24)26)16-9-7-13(3)11-14(16)4/h7-12H,5-6H2,1-4H3. The molecule has 1 aliphatic rings. The molecule has 28 heavy (non-hydrogen) atoms. The molecule has 0 saturated carbocycles. The van der Waals surface area contributed by atoms with E-state index in [0.29, 0.717) is 36.0 Å². The van der Waals surface area contributed by atoms with Crippen molar-refractivity contribution in [2.45, 2.75) is 27.7 Å². The third kappa shape index (κ3) is 3.50. The third-order valence-corrected chi connectivity index (χ3v) is 4.81. The first kappa shape index (κ1) is 20.0. The molecule has 5 nitrogen and oxygen atoms in total. The lowest BCUT2D eigenvalue weighted by molar-refractivity contribution is -0.119. The lowest BCUT2D eigenvalue weighted by Gasteiger charge is -2.18. The van der Waals surface area contributed by atoms with Crippen LogP contribution in [0.5, 0.6) is 11.5 Å². The van der Waals surface area contributed by atoms with Crippen LogP contribution in [0.4, 0.5) is 5.69 Å². The molecule has 2 aromatic carbocycles. The van der Waals surface area contributed by atoms with Gasteiger partial charge in [-0.2, -0.15) is 0 Å². The molecule has 0 atom stereocenters. The van der Waals surface area contributed by atoms with Gasteiger partial charge in [-0.1, -0.05) is 35.4 Å². The number of rotatable bonds is 6. The Balaban J connectivity index is 2.03. The van der Waals surface area contributed by atoms with E-state index in [1.54, 1.807) is 18.2 Å². The average molecular weight is 400 g/mol. The van der Waals surface area contributed by atoms with Crippen molar-refractivity contribution in [1.29, 1.82) is 0 Å². The van der Waals surface area contributed by atoms with Gasteiger partial charge in [-0.3, -0.25) is 9.59 Å². The zero-order valence-corrected chi connectivity index (χ0v) is 17.1. The van der Waals surface area contributed by atoms with Gasteiger partial charge in [0.15, 0.2) is 11.5 Å². The second kappa shape index (κ2) is 8.07. The third-order valence-electron chi connectivity index (χ3n) is 4.46. The Morgan fingerprint density at radius 3 is 2.21 bits per heavy atom. The lowest BCUT2D eigenvalue weighted by Crippen LogP contribution is -2.31. The zero-order valence-electron chi connectivity index (χ0n) is 16.3. The topological polar surface area (TPSA) is 55.8 Å². The second-order valence-electron chi connectivity index (χ2n) is 6.45. The van der Waals surface area contributed by atoms with E-state index in [1.165, 1.54) is 0 Å². The molecular weight excluding hydrogens is 378 g/mol. The molecule has 1 aliphatic heterocycles. The summed E-state index contributed by atoms with van der Waals surface area (Å²) >= 11 is 6.31. The van der Waals surface area contributed by atoms with E-state index in [1.807, 2.05) is 45.9 Å². The minimum Gasteiger partial charge on any atom is -0.490 e. The maximum atomic E-state index is 13.1. The highest BCUT2D eigenvalue weighted by Gasteiger charge is 2.40. The van der Waals surface area contributed by atoms with Crippen LogP contribution in [0.3, 0.4) is 0 Å². The number of halogens is 1. The molecule has 0 radical (unpaired) electrons. The number of aryl methyl sites for hydroxylation is 2. The number of nitrogens with zero attached hydrogens (tertiary/aromatic N) is 1. The molecule has 146 valence electrons. The molecule has 3 rings (SSSR count). The van der Waals surface area contributed by atoms with Gasteiger partial charge in [0.25, 0.3) is 11.8 Å². The SMILES string of the molecule is CCOc1ccc(N2C(=O)C(Cl)=C(c3ccc(C)cc3C)C2=O)cc1OCC. The van der Waals surface area contributed by atoms with Gasteiger partial charge in [0.1, 0.15) is 5.03 Å². The number of hydrogen-bond acceptors (Lipinski definition) is 4. The summed E-state index contributed by atoms with van der Waals surface area (Å²) in [6.45, 7) is 8.49. The van der Waals surface area contributed by atoms with E-state index < -0.39 is 11.8 Å². The molecule has 0 aliphatic carbocycles. The Morgan fingerprint density at radius 1 is 0.893 bits per heavy atom. The molecule has 0 spiro atoms. The average Bonchev–Trinajstić information content (AvgIpc) is 2.87. The van der Waals surface area contributed by atoms with Crippen LogP contribution in [0.25, 0.3) is 5.57 Å². The van der Waals surface area contributed by atoms with Crippen LogP contribution < -0.4 is 14.4 Å². The quantitative estimate of drug-likeness (QED) is 0.665. The fourth-order valence-electron chi connectivity index (χ4n) is 3.24. The summed E-state index contributed by atoms with van der Waals surface area (Å²) in [5, 5.41) is -0.0798. The number of ether oxygens (including phenoxy) is 2. The first-order valence-corrected chi connectivity index (χ1v) is 9.52. The van der Waals surface area contributed by atoms with Crippen molar-refractivity contribution in [3.05, 3.63) is 58.1 Å². The minimum absolute atomic E-state index is 0.0798. The van der Waals surface area contributed by atoms with Crippen LogP contribution in [0.2, 0.25) is 0 Å². The van der Waals surface area contributed by atoms with Gasteiger partial charge in [0.05, 0.1) is 24.5 Å². The molecule has 0 aromatic heterocycles. The highest BCUT2D eigenvalue weighted by atomic mass is 35.5. The molecule has 0 bridgehead atoms. The summed E-state index contributed by atoms with van der Waals surface area (Å²) in [5.41, 5.74) is 3.22. The van der Waals surface area contributed by atoms with E-state index in [2.05, 4.69) is 0 Å². The molecule has 0 saturated heterocycles. The highest BCUT2D eigenvalue weighted by molar-refractivity contribution is 6.60. The van der Waals surface area contributed by atoms with Crippen molar-refractivity contribution in [2.75, 3.05) is 18.1 Å². The summed E-state index contributed by atoms with van der Waals surface area (Å²) in [7, 11) is 0. The van der Waals surface area contributed by atoms with Crippen molar-refractivity contribution in [3.8, 4) is 11.5 Å². The number of imide groups is 1. The predicted octanol–water partition coefficient (Wildman–Crippen LogP) is 4.62. The summed E-state index contributed by atoms with van der Waals surface area (Å²) in [6, 6.07) is 10.6. The number of anilines is 1. The predicted molar refractivity (Wildman–Crippen MR) is 110 cm³/mol. The van der Waals surface area contributed by atoms with Crippen LogP contribution in [0.1, 0.15) is 30.5 Å².